The first-order valence-corrected chi connectivity index (χ1v) is 7.52. The van der Waals surface area contributed by atoms with Gasteiger partial charge in [0.05, 0.1) is 6.04 Å². The molecule has 0 aromatic heterocycles. The van der Waals surface area contributed by atoms with Crippen molar-refractivity contribution < 1.29 is 9.59 Å². The topological polar surface area (TPSA) is 75.4 Å². The van der Waals surface area contributed by atoms with E-state index in [1.165, 1.54) is 0 Å². The first-order chi connectivity index (χ1) is 10.2. The van der Waals surface area contributed by atoms with Gasteiger partial charge in [0, 0.05) is 26.1 Å². The second-order valence-corrected chi connectivity index (χ2v) is 5.43. The highest BCUT2D eigenvalue weighted by molar-refractivity contribution is 5.85. The van der Waals surface area contributed by atoms with Crippen molar-refractivity contribution in [3.05, 3.63) is 35.9 Å². The second-order valence-electron chi connectivity index (χ2n) is 5.43. The minimum absolute atomic E-state index is 0. The molecule has 1 aromatic rings. The van der Waals surface area contributed by atoms with Crippen molar-refractivity contribution in [3.8, 4) is 0 Å². The zero-order valence-corrected chi connectivity index (χ0v) is 13.5. The first-order valence-electron chi connectivity index (χ1n) is 7.52. The molecule has 0 unspecified atom stereocenters. The van der Waals surface area contributed by atoms with Crippen LogP contribution in [0.3, 0.4) is 0 Å². The van der Waals surface area contributed by atoms with Gasteiger partial charge in [0.1, 0.15) is 0 Å². The zero-order valence-electron chi connectivity index (χ0n) is 12.7. The number of nitrogens with two attached hydrogens (primary N) is 1. The van der Waals surface area contributed by atoms with Crippen molar-refractivity contribution in [1.82, 2.24) is 10.2 Å². The average molecular weight is 326 g/mol. The SMILES string of the molecule is Cl.N[C@@H](Cc1ccccc1)C(=O)NCCCN1CCCC1=O. The minimum Gasteiger partial charge on any atom is -0.355 e. The second kappa shape index (κ2) is 9.43. The van der Waals surface area contributed by atoms with Crippen molar-refractivity contribution in [3.63, 3.8) is 0 Å². The molecule has 2 amide bonds. The Morgan fingerprint density at radius 3 is 2.68 bits per heavy atom. The van der Waals surface area contributed by atoms with E-state index >= 15 is 0 Å². The Balaban J connectivity index is 0.00000242. The number of likely N-dealkylation sites (tertiary alicyclic amines) is 1. The average Bonchev–Trinajstić information content (AvgIpc) is 2.90. The molecule has 1 aliphatic heterocycles. The number of hydrogen-bond donors (Lipinski definition) is 2. The van der Waals surface area contributed by atoms with Crippen molar-refractivity contribution in [2.75, 3.05) is 19.6 Å². The lowest BCUT2D eigenvalue weighted by Gasteiger charge is -2.16. The summed E-state index contributed by atoms with van der Waals surface area (Å²) in [4.78, 5) is 25.2. The molecule has 1 fully saturated rings. The van der Waals surface area contributed by atoms with Crippen LogP contribution in [0.4, 0.5) is 0 Å². The molecule has 1 saturated heterocycles. The lowest BCUT2D eigenvalue weighted by Crippen LogP contribution is -2.42. The summed E-state index contributed by atoms with van der Waals surface area (Å²) in [5, 5.41) is 2.84. The molecule has 3 N–H and O–H groups in total. The zero-order chi connectivity index (χ0) is 15.1. The van der Waals surface area contributed by atoms with Gasteiger partial charge in [0.2, 0.25) is 11.8 Å². The maximum atomic E-state index is 11.9. The van der Waals surface area contributed by atoms with E-state index in [9.17, 15) is 9.59 Å². The van der Waals surface area contributed by atoms with Crippen LogP contribution >= 0.6 is 12.4 Å². The lowest BCUT2D eigenvalue weighted by atomic mass is 10.1. The Morgan fingerprint density at radius 1 is 1.32 bits per heavy atom. The molecule has 0 spiro atoms. The van der Waals surface area contributed by atoms with Crippen molar-refractivity contribution in [2.24, 2.45) is 5.73 Å². The summed E-state index contributed by atoms with van der Waals surface area (Å²) in [6.07, 6.45) is 2.92. The minimum atomic E-state index is -0.527. The summed E-state index contributed by atoms with van der Waals surface area (Å²) in [6, 6.07) is 9.22. The summed E-state index contributed by atoms with van der Waals surface area (Å²) in [7, 11) is 0. The number of nitrogens with one attached hydrogen (secondary N) is 1. The fraction of sp³-hybridized carbons (Fsp3) is 0.500. The van der Waals surface area contributed by atoms with E-state index in [1.54, 1.807) is 0 Å². The molecule has 6 heteroatoms. The molecule has 1 atom stereocenters. The molecule has 1 aromatic carbocycles. The van der Waals surface area contributed by atoms with E-state index in [0.29, 0.717) is 25.9 Å². The number of hydrogen-bond acceptors (Lipinski definition) is 3. The van der Waals surface area contributed by atoms with E-state index in [1.807, 2.05) is 35.2 Å². The molecule has 0 aliphatic carbocycles. The number of halogens is 1. The van der Waals surface area contributed by atoms with Crippen LogP contribution < -0.4 is 11.1 Å². The van der Waals surface area contributed by atoms with E-state index < -0.39 is 6.04 Å². The summed E-state index contributed by atoms with van der Waals surface area (Å²) < 4.78 is 0. The van der Waals surface area contributed by atoms with Crippen LogP contribution in [-0.4, -0.2) is 42.4 Å². The maximum Gasteiger partial charge on any atom is 0.237 e. The fourth-order valence-electron chi connectivity index (χ4n) is 2.51. The standard InChI is InChI=1S/C16H23N3O2.ClH/c17-14(12-13-6-2-1-3-7-13)16(21)18-9-5-11-19-10-4-8-15(19)20;/h1-3,6-7,14H,4-5,8-12,17H2,(H,18,21);1H/t14-;/m0./s1. The first kappa shape index (κ1) is 18.5. The summed E-state index contributed by atoms with van der Waals surface area (Å²) >= 11 is 0. The summed E-state index contributed by atoms with van der Waals surface area (Å²) in [5.41, 5.74) is 6.96. The maximum absolute atomic E-state index is 11.9. The van der Waals surface area contributed by atoms with E-state index in [2.05, 4.69) is 5.32 Å². The highest BCUT2D eigenvalue weighted by Crippen LogP contribution is 2.09. The van der Waals surface area contributed by atoms with Crippen molar-refractivity contribution >= 4 is 24.2 Å². The largest absolute Gasteiger partial charge is 0.355 e. The molecule has 0 saturated carbocycles. The van der Waals surface area contributed by atoms with E-state index in [4.69, 9.17) is 5.73 Å². The molecule has 0 radical (unpaired) electrons. The quantitative estimate of drug-likeness (QED) is 0.737. The molecule has 22 heavy (non-hydrogen) atoms. The third kappa shape index (κ3) is 5.66. The predicted octanol–water partition coefficient (Wildman–Crippen LogP) is 1.11. The van der Waals surface area contributed by atoms with Gasteiger partial charge < -0.3 is 16.0 Å². The lowest BCUT2D eigenvalue weighted by molar-refractivity contribution is -0.127. The van der Waals surface area contributed by atoms with Crippen LogP contribution in [0.5, 0.6) is 0 Å². The van der Waals surface area contributed by atoms with Crippen LogP contribution in [0.15, 0.2) is 30.3 Å². The predicted molar refractivity (Wildman–Crippen MR) is 88.8 cm³/mol. The highest BCUT2D eigenvalue weighted by atomic mass is 35.5. The number of carbonyl (C=O) groups is 2. The van der Waals surface area contributed by atoms with Crippen LogP contribution in [0.1, 0.15) is 24.8 Å². The number of amides is 2. The Labute approximate surface area is 137 Å². The molecular formula is C16H24ClN3O2. The van der Waals surface area contributed by atoms with Gasteiger partial charge in [-0.2, -0.15) is 0 Å². The van der Waals surface area contributed by atoms with E-state index in [0.717, 1.165) is 24.9 Å². The molecular weight excluding hydrogens is 302 g/mol. The van der Waals surface area contributed by atoms with Gasteiger partial charge in [0.25, 0.3) is 0 Å². The highest BCUT2D eigenvalue weighted by Gasteiger charge is 2.19. The number of nitrogens with zero attached hydrogens (tertiary/aromatic N) is 1. The normalized spacial score (nSPS) is 15.3. The Kier molecular flexibility index (Phi) is 7.91. The third-order valence-corrected chi connectivity index (χ3v) is 3.71. The van der Waals surface area contributed by atoms with Gasteiger partial charge in [-0.05, 0) is 24.8 Å². The smallest absolute Gasteiger partial charge is 0.237 e. The third-order valence-electron chi connectivity index (χ3n) is 3.71. The van der Waals surface area contributed by atoms with Gasteiger partial charge in [-0.3, -0.25) is 9.59 Å². The van der Waals surface area contributed by atoms with Gasteiger partial charge in [-0.25, -0.2) is 0 Å². The molecule has 1 aliphatic rings. The van der Waals surface area contributed by atoms with Gasteiger partial charge >= 0.3 is 0 Å². The molecule has 1 heterocycles. The molecule has 0 bridgehead atoms. The number of rotatable bonds is 7. The van der Waals surface area contributed by atoms with Crippen molar-refractivity contribution in [1.29, 1.82) is 0 Å². The number of carbonyl (C=O) groups excluding carboxylic acids is 2. The monoisotopic (exact) mass is 325 g/mol. The van der Waals surface area contributed by atoms with Crippen LogP contribution in [0.2, 0.25) is 0 Å². The molecule has 5 nitrogen and oxygen atoms in total. The van der Waals surface area contributed by atoms with Crippen LogP contribution in [-0.2, 0) is 16.0 Å². The van der Waals surface area contributed by atoms with Crippen LogP contribution in [0, 0.1) is 0 Å². The Morgan fingerprint density at radius 2 is 2.05 bits per heavy atom. The summed E-state index contributed by atoms with van der Waals surface area (Å²) in [6.45, 7) is 2.12. The molecule has 122 valence electrons. The Hall–Kier alpha value is -1.59. The Bertz CT molecular complexity index is 482. The van der Waals surface area contributed by atoms with Gasteiger partial charge in [-0.15, -0.1) is 12.4 Å². The van der Waals surface area contributed by atoms with Crippen molar-refractivity contribution in [2.45, 2.75) is 31.7 Å². The summed E-state index contributed by atoms with van der Waals surface area (Å²) in [5.74, 6) is 0.0914. The fourth-order valence-corrected chi connectivity index (χ4v) is 2.51. The van der Waals surface area contributed by atoms with Gasteiger partial charge in [-0.1, -0.05) is 30.3 Å². The van der Waals surface area contributed by atoms with E-state index in [-0.39, 0.29) is 24.2 Å². The molecule has 2 rings (SSSR count). The van der Waals surface area contributed by atoms with Gasteiger partial charge in [0.15, 0.2) is 0 Å². The van der Waals surface area contributed by atoms with Crippen LogP contribution in [0.25, 0.3) is 0 Å². The number of benzene rings is 1.